The third kappa shape index (κ3) is 9.24. The molecule has 0 amide bonds. The van der Waals surface area contributed by atoms with Crippen molar-refractivity contribution in [3.8, 4) is 0 Å². The maximum absolute atomic E-state index is 9.26. The van der Waals surface area contributed by atoms with Crippen molar-refractivity contribution in [1.82, 2.24) is 19.6 Å². The summed E-state index contributed by atoms with van der Waals surface area (Å²) in [6, 6.07) is 0. The summed E-state index contributed by atoms with van der Waals surface area (Å²) in [7, 11) is 0. The maximum atomic E-state index is 9.26. The van der Waals surface area contributed by atoms with Crippen LogP contribution >= 0.6 is 0 Å². The van der Waals surface area contributed by atoms with Crippen molar-refractivity contribution in [2.75, 3.05) is 105 Å². The SMILES string of the molecule is OCCN(CCO)CCN(CCO)CCN1CCN(CCO)CC1. The number of nitrogens with zero attached hydrogens (tertiary/aromatic N) is 4. The van der Waals surface area contributed by atoms with Crippen LogP contribution in [0.5, 0.6) is 0 Å². The summed E-state index contributed by atoms with van der Waals surface area (Å²) in [5.74, 6) is 0. The fraction of sp³-hybridized carbons (Fsp3) is 1.00. The molecule has 1 rings (SSSR count). The van der Waals surface area contributed by atoms with Gasteiger partial charge in [0.15, 0.2) is 0 Å². The van der Waals surface area contributed by atoms with Gasteiger partial charge in [-0.3, -0.25) is 19.6 Å². The van der Waals surface area contributed by atoms with E-state index in [2.05, 4.69) is 14.7 Å². The highest BCUT2D eigenvalue weighted by Crippen LogP contribution is 2.02. The molecule has 0 radical (unpaired) electrons. The van der Waals surface area contributed by atoms with Crippen molar-refractivity contribution < 1.29 is 20.4 Å². The largest absolute Gasteiger partial charge is 0.395 e. The number of piperazine rings is 1. The molecule has 0 aliphatic carbocycles. The average Bonchev–Trinajstić information content (AvgIpc) is 2.59. The molecule has 0 aromatic heterocycles. The molecule has 1 aliphatic heterocycles. The number of β-amino-alcohol motifs (C(OH)–C–C–N with tert-alkyl or cyclic N) is 1. The van der Waals surface area contributed by atoms with Crippen LogP contribution in [0.2, 0.25) is 0 Å². The van der Waals surface area contributed by atoms with E-state index < -0.39 is 0 Å². The van der Waals surface area contributed by atoms with E-state index in [0.717, 1.165) is 58.9 Å². The molecule has 8 nitrogen and oxygen atoms in total. The number of aliphatic hydroxyl groups is 4. The zero-order valence-electron chi connectivity index (χ0n) is 14.9. The number of rotatable bonds is 14. The molecule has 1 heterocycles. The first-order valence-corrected chi connectivity index (χ1v) is 9.06. The van der Waals surface area contributed by atoms with Crippen molar-refractivity contribution in [2.45, 2.75) is 0 Å². The van der Waals surface area contributed by atoms with E-state index in [9.17, 15) is 5.11 Å². The summed E-state index contributed by atoms with van der Waals surface area (Å²) >= 11 is 0. The van der Waals surface area contributed by atoms with E-state index in [0.29, 0.717) is 19.6 Å². The molecule has 1 aliphatic rings. The van der Waals surface area contributed by atoms with Crippen LogP contribution in [0.3, 0.4) is 0 Å². The lowest BCUT2D eigenvalue weighted by Gasteiger charge is -2.35. The molecule has 0 aromatic carbocycles. The van der Waals surface area contributed by atoms with Gasteiger partial charge in [-0.2, -0.15) is 0 Å². The minimum Gasteiger partial charge on any atom is -0.395 e. The van der Waals surface area contributed by atoms with Gasteiger partial charge < -0.3 is 20.4 Å². The smallest absolute Gasteiger partial charge is 0.0558 e. The van der Waals surface area contributed by atoms with Gasteiger partial charge in [0.25, 0.3) is 0 Å². The fourth-order valence-electron chi connectivity index (χ4n) is 3.04. The second kappa shape index (κ2) is 13.9. The minimum atomic E-state index is 0.0954. The van der Waals surface area contributed by atoms with Crippen LogP contribution in [0.1, 0.15) is 0 Å². The van der Waals surface area contributed by atoms with Gasteiger partial charge in [-0.05, 0) is 0 Å². The molecule has 0 saturated carbocycles. The van der Waals surface area contributed by atoms with Crippen LogP contribution in [0.4, 0.5) is 0 Å². The van der Waals surface area contributed by atoms with E-state index in [1.165, 1.54) is 0 Å². The van der Waals surface area contributed by atoms with E-state index >= 15 is 0 Å². The average molecular weight is 348 g/mol. The van der Waals surface area contributed by atoms with Gasteiger partial charge in [-0.25, -0.2) is 0 Å². The molecule has 1 fully saturated rings. The van der Waals surface area contributed by atoms with Crippen LogP contribution in [-0.2, 0) is 0 Å². The zero-order chi connectivity index (χ0) is 17.6. The normalized spacial score (nSPS) is 17.2. The van der Waals surface area contributed by atoms with Crippen molar-refractivity contribution in [3.63, 3.8) is 0 Å². The molecule has 144 valence electrons. The van der Waals surface area contributed by atoms with Gasteiger partial charge in [-0.15, -0.1) is 0 Å². The lowest BCUT2D eigenvalue weighted by Crippen LogP contribution is -2.49. The lowest BCUT2D eigenvalue weighted by molar-refractivity contribution is 0.0935. The Morgan fingerprint density at radius 2 is 0.917 bits per heavy atom. The third-order valence-corrected chi connectivity index (χ3v) is 4.59. The Morgan fingerprint density at radius 1 is 0.500 bits per heavy atom. The monoisotopic (exact) mass is 348 g/mol. The molecule has 24 heavy (non-hydrogen) atoms. The molecule has 8 heteroatoms. The molecule has 1 saturated heterocycles. The fourth-order valence-corrected chi connectivity index (χ4v) is 3.04. The molecule has 0 atom stereocenters. The van der Waals surface area contributed by atoms with Crippen LogP contribution in [0.15, 0.2) is 0 Å². The lowest BCUT2D eigenvalue weighted by atomic mass is 10.3. The highest BCUT2D eigenvalue weighted by Gasteiger charge is 2.17. The molecule has 0 bridgehead atoms. The van der Waals surface area contributed by atoms with Gasteiger partial charge in [0.05, 0.1) is 26.4 Å². The summed E-state index contributed by atoms with van der Waals surface area (Å²) in [5.41, 5.74) is 0. The van der Waals surface area contributed by atoms with Crippen molar-refractivity contribution in [2.24, 2.45) is 0 Å². The number of aliphatic hydroxyl groups excluding tert-OH is 4. The first kappa shape index (κ1) is 21.7. The Labute approximate surface area is 145 Å². The molecular weight excluding hydrogens is 312 g/mol. The maximum Gasteiger partial charge on any atom is 0.0558 e. The van der Waals surface area contributed by atoms with E-state index in [4.69, 9.17) is 15.3 Å². The summed E-state index contributed by atoms with van der Waals surface area (Å²) in [6.45, 7) is 10.7. The Bertz CT molecular complexity index is 285. The quantitative estimate of drug-likeness (QED) is 0.267. The van der Waals surface area contributed by atoms with Crippen LogP contribution in [-0.4, -0.2) is 145 Å². The summed E-state index contributed by atoms with van der Waals surface area (Å²) in [5, 5.41) is 36.4. The number of hydrogen-bond donors (Lipinski definition) is 4. The highest BCUT2D eigenvalue weighted by atomic mass is 16.3. The van der Waals surface area contributed by atoms with Crippen LogP contribution in [0, 0.1) is 0 Å². The second-order valence-electron chi connectivity index (χ2n) is 6.26. The van der Waals surface area contributed by atoms with Crippen LogP contribution < -0.4 is 0 Å². The molecule has 0 spiro atoms. The second-order valence-corrected chi connectivity index (χ2v) is 6.26. The predicted molar refractivity (Wildman–Crippen MR) is 94.1 cm³/mol. The van der Waals surface area contributed by atoms with Crippen molar-refractivity contribution in [3.05, 3.63) is 0 Å². The van der Waals surface area contributed by atoms with E-state index in [1.54, 1.807) is 0 Å². The molecule has 0 unspecified atom stereocenters. The molecular formula is C16H36N4O4. The summed E-state index contributed by atoms with van der Waals surface area (Å²) < 4.78 is 0. The Balaban J connectivity index is 2.27. The van der Waals surface area contributed by atoms with E-state index in [-0.39, 0.29) is 26.4 Å². The highest BCUT2D eigenvalue weighted by molar-refractivity contribution is 4.73. The first-order chi connectivity index (χ1) is 11.7. The molecule has 4 N–H and O–H groups in total. The minimum absolute atomic E-state index is 0.0954. The Kier molecular flexibility index (Phi) is 12.6. The topological polar surface area (TPSA) is 93.9 Å². The number of hydrogen-bond acceptors (Lipinski definition) is 8. The van der Waals surface area contributed by atoms with Crippen LogP contribution in [0.25, 0.3) is 0 Å². The van der Waals surface area contributed by atoms with Gasteiger partial charge in [0.1, 0.15) is 0 Å². The van der Waals surface area contributed by atoms with Crippen molar-refractivity contribution in [1.29, 1.82) is 0 Å². The van der Waals surface area contributed by atoms with Gasteiger partial charge in [0.2, 0.25) is 0 Å². The van der Waals surface area contributed by atoms with Gasteiger partial charge >= 0.3 is 0 Å². The van der Waals surface area contributed by atoms with Gasteiger partial charge in [0, 0.05) is 78.5 Å². The van der Waals surface area contributed by atoms with Crippen molar-refractivity contribution >= 4 is 0 Å². The summed E-state index contributed by atoms with van der Waals surface area (Å²) in [6.07, 6.45) is 0. The third-order valence-electron chi connectivity index (χ3n) is 4.59. The van der Waals surface area contributed by atoms with Gasteiger partial charge in [-0.1, -0.05) is 0 Å². The van der Waals surface area contributed by atoms with E-state index in [1.807, 2.05) is 4.90 Å². The zero-order valence-corrected chi connectivity index (χ0v) is 14.9. The summed E-state index contributed by atoms with van der Waals surface area (Å²) in [4.78, 5) is 8.99. The molecule has 0 aromatic rings. The Morgan fingerprint density at radius 3 is 1.33 bits per heavy atom. The Hall–Kier alpha value is -0.320. The predicted octanol–water partition coefficient (Wildman–Crippen LogP) is -2.82. The standard InChI is InChI=1S/C16H36N4O4/c21-13-9-18-4-1-17(2-5-18)3-6-19(10-14-22)7-8-20(11-15-23)12-16-24/h21-24H,1-16H2. The first-order valence-electron chi connectivity index (χ1n) is 9.06.